The Labute approximate surface area is 76.3 Å². The van der Waals surface area contributed by atoms with E-state index in [-0.39, 0.29) is 0 Å². The molecule has 3 N–H and O–H groups in total. The van der Waals surface area contributed by atoms with E-state index in [9.17, 15) is 0 Å². The van der Waals surface area contributed by atoms with Crippen LogP contribution < -0.4 is 11.4 Å². The molecule has 1 aliphatic carbocycles. The number of hydrogen-bond acceptors (Lipinski definition) is 4. The van der Waals surface area contributed by atoms with E-state index in [4.69, 9.17) is 5.84 Å². The van der Waals surface area contributed by atoms with Gasteiger partial charge in [0.05, 0.1) is 5.71 Å². The summed E-state index contributed by atoms with van der Waals surface area (Å²) < 4.78 is 0. The second kappa shape index (κ2) is 3.55. The maximum absolute atomic E-state index is 4.95. The van der Waals surface area contributed by atoms with Crippen molar-refractivity contribution < 1.29 is 4.94 Å². The molecule has 1 aromatic rings. The fourth-order valence-corrected chi connectivity index (χ4v) is 1.58. The third-order valence-corrected chi connectivity index (χ3v) is 2.17. The van der Waals surface area contributed by atoms with E-state index in [0.717, 1.165) is 24.1 Å². The molecule has 0 spiro atoms. The minimum Gasteiger partial charge on any atom is -0.284 e. The molecule has 0 saturated carbocycles. The monoisotopic (exact) mass is 177 g/mol. The van der Waals surface area contributed by atoms with Crippen LogP contribution in [0.3, 0.4) is 0 Å². The van der Waals surface area contributed by atoms with Crippen LogP contribution >= 0.6 is 0 Å². The van der Waals surface area contributed by atoms with Crippen LogP contribution in [0.1, 0.15) is 17.5 Å². The Kier molecular flexibility index (Phi) is 2.25. The van der Waals surface area contributed by atoms with Gasteiger partial charge in [-0.2, -0.15) is 0 Å². The molecule has 1 aliphatic rings. The molecule has 1 aromatic carbocycles. The van der Waals surface area contributed by atoms with Crippen LogP contribution in [0.5, 0.6) is 0 Å². The summed E-state index contributed by atoms with van der Waals surface area (Å²) in [5.74, 6) is 4.95. The standard InChI is InChI=1S/C9H11N3O/c10-12-13-11-9-6-5-7-3-1-2-4-8(7)9/h1-4,12H,5-6,10H2/b11-9+. The highest BCUT2D eigenvalue weighted by atomic mass is 16.8. The molecule has 0 unspecified atom stereocenters. The van der Waals surface area contributed by atoms with Gasteiger partial charge in [0, 0.05) is 5.56 Å². The number of hydrogen-bond donors (Lipinski definition) is 2. The molecular formula is C9H11N3O. The van der Waals surface area contributed by atoms with Crippen LogP contribution in [0.15, 0.2) is 29.4 Å². The summed E-state index contributed by atoms with van der Waals surface area (Å²) in [5, 5.41) is 3.86. The molecule has 4 heteroatoms. The summed E-state index contributed by atoms with van der Waals surface area (Å²) in [5.41, 5.74) is 5.48. The number of benzene rings is 1. The Morgan fingerprint density at radius 1 is 1.31 bits per heavy atom. The average molecular weight is 177 g/mol. The van der Waals surface area contributed by atoms with Crippen LogP contribution in [-0.4, -0.2) is 5.71 Å². The number of fused-ring (bicyclic) bond motifs is 1. The van der Waals surface area contributed by atoms with Gasteiger partial charge < -0.3 is 0 Å². The number of nitrogens with one attached hydrogen (secondary N) is 1. The van der Waals surface area contributed by atoms with Gasteiger partial charge >= 0.3 is 0 Å². The first-order valence-corrected chi connectivity index (χ1v) is 4.18. The van der Waals surface area contributed by atoms with Crippen LogP contribution in [-0.2, 0) is 11.4 Å². The molecule has 68 valence electrons. The Balaban J connectivity index is 2.28. The predicted molar refractivity (Wildman–Crippen MR) is 49.7 cm³/mol. The molecule has 13 heavy (non-hydrogen) atoms. The van der Waals surface area contributed by atoms with Crippen molar-refractivity contribution in [1.82, 2.24) is 5.59 Å². The minimum absolute atomic E-state index is 0.918. The van der Waals surface area contributed by atoms with Crippen molar-refractivity contribution >= 4 is 5.71 Å². The predicted octanol–water partition coefficient (Wildman–Crippen LogP) is 0.732. The smallest absolute Gasteiger partial charge is 0.0901 e. The van der Waals surface area contributed by atoms with Gasteiger partial charge in [-0.3, -0.25) is 4.94 Å². The van der Waals surface area contributed by atoms with Crippen LogP contribution in [0.2, 0.25) is 0 Å². The zero-order valence-corrected chi connectivity index (χ0v) is 7.16. The Hall–Kier alpha value is -1.39. The number of nitrogens with two attached hydrogens (primary N) is 1. The van der Waals surface area contributed by atoms with Gasteiger partial charge in [-0.15, -0.1) is 0 Å². The fourth-order valence-electron chi connectivity index (χ4n) is 1.58. The normalized spacial score (nSPS) is 17.5. The van der Waals surface area contributed by atoms with Crippen molar-refractivity contribution in [2.45, 2.75) is 12.8 Å². The van der Waals surface area contributed by atoms with Crippen molar-refractivity contribution in [3.05, 3.63) is 35.4 Å². The lowest BCUT2D eigenvalue weighted by molar-refractivity contribution is 0.0466. The molecule has 0 aromatic heterocycles. The van der Waals surface area contributed by atoms with Crippen molar-refractivity contribution in [2.75, 3.05) is 0 Å². The Bertz CT molecular complexity index is 335. The fraction of sp³-hybridized carbons (Fsp3) is 0.222. The lowest BCUT2D eigenvalue weighted by atomic mass is 10.1. The molecule has 4 nitrogen and oxygen atoms in total. The van der Waals surface area contributed by atoms with E-state index in [0.29, 0.717) is 0 Å². The molecule has 0 saturated heterocycles. The van der Waals surface area contributed by atoms with Crippen molar-refractivity contribution in [3.63, 3.8) is 0 Å². The summed E-state index contributed by atoms with van der Waals surface area (Å²) in [4.78, 5) is 4.59. The summed E-state index contributed by atoms with van der Waals surface area (Å²) in [6.45, 7) is 0. The van der Waals surface area contributed by atoms with Gasteiger partial charge in [-0.1, -0.05) is 35.0 Å². The van der Waals surface area contributed by atoms with Crippen molar-refractivity contribution in [1.29, 1.82) is 0 Å². The lowest BCUT2D eigenvalue weighted by Gasteiger charge is -1.98. The zero-order valence-electron chi connectivity index (χ0n) is 7.16. The highest BCUT2D eigenvalue weighted by Crippen LogP contribution is 2.21. The van der Waals surface area contributed by atoms with E-state index in [1.165, 1.54) is 5.56 Å². The molecule has 0 fully saturated rings. The van der Waals surface area contributed by atoms with Crippen LogP contribution in [0.25, 0.3) is 0 Å². The highest BCUT2D eigenvalue weighted by molar-refractivity contribution is 6.04. The van der Waals surface area contributed by atoms with Gasteiger partial charge in [0.15, 0.2) is 0 Å². The van der Waals surface area contributed by atoms with Gasteiger partial charge in [-0.05, 0) is 18.4 Å². The summed E-state index contributed by atoms with van der Waals surface area (Å²) >= 11 is 0. The average Bonchev–Trinajstić information content (AvgIpc) is 2.58. The number of hydrazine groups is 1. The van der Waals surface area contributed by atoms with Crippen molar-refractivity contribution in [3.8, 4) is 0 Å². The third-order valence-electron chi connectivity index (χ3n) is 2.17. The Morgan fingerprint density at radius 2 is 2.15 bits per heavy atom. The minimum atomic E-state index is 0.918. The number of oxime groups is 1. The van der Waals surface area contributed by atoms with E-state index < -0.39 is 0 Å². The molecule has 0 radical (unpaired) electrons. The maximum Gasteiger partial charge on any atom is 0.0901 e. The molecule has 0 aliphatic heterocycles. The largest absolute Gasteiger partial charge is 0.284 e. The number of nitrogens with zero attached hydrogens (tertiary/aromatic N) is 1. The molecule has 2 rings (SSSR count). The molecule has 0 amide bonds. The first-order valence-electron chi connectivity index (χ1n) is 4.18. The molecule has 0 bridgehead atoms. The van der Waals surface area contributed by atoms with Gasteiger partial charge in [-0.25, -0.2) is 5.84 Å². The molecular weight excluding hydrogens is 166 g/mol. The van der Waals surface area contributed by atoms with E-state index in [2.05, 4.69) is 16.2 Å². The molecule has 0 heterocycles. The SMILES string of the molecule is NNO/N=C1\CCc2ccccc21. The lowest BCUT2D eigenvalue weighted by Crippen LogP contribution is -2.20. The van der Waals surface area contributed by atoms with E-state index in [1.807, 2.05) is 23.8 Å². The summed E-state index contributed by atoms with van der Waals surface area (Å²) in [7, 11) is 0. The topological polar surface area (TPSA) is 59.6 Å². The first kappa shape index (κ1) is 8.22. The van der Waals surface area contributed by atoms with Crippen LogP contribution in [0.4, 0.5) is 0 Å². The summed E-state index contributed by atoms with van der Waals surface area (Å²) in [6, 6.07) is 8.17. The van der Waals surface area contributed by atoms with E-state index in [1.54, 1.807) is 0 Å². The number of rotatable bonds is 2. The summed E-state index contributed by atoms with van der Waals surface area (Å²) in [6.07, 6.45) is 1.95. The second-order valence-corrected chi connectivity index (χ2v) is 2.90. The molecule has 0 atom stereocenters. The maximum atomic E-state index is 4.95. The zero-order chi connectivity index (χ0) is 9.10. The van der Waals surface area contributed by atoms with Crippen molar-refractivity contribution in [2.24, 2.45) is 11.0 Å². The quantitative estimate of drug-likeness (QED) is 0.517. The van der Waals surface area contributed by atoms with Gasteiger partial charge in [0.1, 0.15) is 0 Å². The number of aryl methyl sites for hydroxylation is 1. The Morgan fingerprint density at radius 3 is 3.00 bits per heavy atom. The van der Waals surface area contributed by atoms with Gasteiger partial charge in [0.25, 0.3) is 0 Å². The van der Waals surface area contributed by atoms with Crippen LogP contribution in [0, 0.1) is 0 Å². The first-order chi connectivity index (χ1) is 6.42. The third kappa shape index (κ3) is 1.54. The second-order valence-electron chi connectivity index (χ2n) is 2.90. The highest BCUT2D eigenvalue weighted by Gasteiger charge is 2.16. The van der Waals surface area contributed by atoms with Gasteiger partial charge in [0.2, 0.25) is 0 Å². The van der Waals surface area contributed by atoms with E-state index >= 15 is 0 Å².